The van der Waals surface area contributed by atoms with Gasteiger partial charge in [0, 0.05) is 11.5 Å². The van der Waals surface area contributed by atoms with Crippen LogP contribution in [-0.2, 0) is 18.3 Å². The molecule has 3 aliphatic rings. The maximum Gasteiger partial charge on any atom is 0.0173 e. The van der Waals surface area contributed by atoms with Crippen LogP contribution < -0.4 is 0 Å². The highest BCUT2D eigenvalue weighted by atomic mass is 15.2. The Bertz CT molecular complexity index is 671. The maximum atomic E-state index is 2.65. The van der Waals surface area contributed by atoms with Crippen LogP contribution >= 0.6 is 0 Å². The van der Waals surface area contributed by atoms with Crippen LogP contribution in [0.2, 0.25) is 0 Å². The Hall–Kier alpha value is -1.08. The zero-order valence-corrected chi connectivity index (χ0v) is 15.4. The molecule has 1 aromatic rings. The highest BCUT2D eigenvalue weighted by Gasteiger charge is 2.56. The van der Waals surface area contributed by atoms with Crippen LogP contribution in [0.5, 0.6) is 0 Å². The van der Waals surface area contributed by atoms with Gasteiger partial charge in [-0.2, -0.15) is 0 Å². The zero-order chi connectivity index (χ0) is 16.4. The van der Waals surface area contributed by atoms with Crippen LogP contribution in [0.3, 0.4) is 0 Å². The first-order valence-corrected chi connectivity index (χ1v) is 9.49. The number of hydrogen-bond donors (Lipinski definition) is 0. The van der Waals surface area contributed by atoms with E-state index in [9.17, 15) is 0 Å². The molecule has 0 spiro atoms. The minimum atomic E-state index is 0.390. The Balaban J connectivity index is 2.02. The molecule has 1 heteroatoms. The third kappa shape index (κ3) is 1.89. The highest BCUT2D eigenvalue weighted by Crippen LogP contribution is 2.58. The number of allylic oxidation sites excluding steroid dienone is 2. The molecule has 0 saturated carbocycles. The predicted molar refractivity (Wildman–Crippen MR) is 98.0 cm³/mol. The first-order valence-electron chi connectivity index (χ1n) is 9.49. The molecule has 0 amide bonds. The van der Waals surface area contributed by atoms with Crippen molar-refractivity contribution in [3.8, 4) is 0 Å². The van der Waals surface area contributed by atoms with Crippen molar-refractivity contribution in [2.75, 3.05) is 13.6 Å². The van der Waals surface area contributed by atoms with E-state index in [1.54, 1.807) is 22.3 Å². The third-order valence-corrected chi connectivity index (χ3v) is 7.60. The molecule has 1 aliphatic heterocycles. The molecule has 2 aliphatic carbocycles. The Morgan fingerprint density at radius 2 is 2.04 bits per heavy atom. The second-order valence-electron chi connectivity index (χ2n) is 8.30. The molecular weight excluding hydrogens is 278 g/mol. The Morgan fingerprint density at radius 3 is 2.78 bits per heavy atom. The van der Waals surface area contributed by atoms with E-state index in [1.807, 2.05) is 0 Å². The minimum Gasteiger partial charge on any atom is -0.303 e. The van der Waals surface area contributed by atoms with Gasteiger partial charge in [0.2, 0.25) is 0 Å². The van der Waals surface area contributed by atoms with Gasteiger partial charge in [0.1, 0.15) is 0 Å². The average molecular weight is 309 g/mol. The molecule has 1 fully saturated rings. The summed E-state index contributed by atoms with van der Waals surface area (Å²) in [6.07, 6.45) is 7.60. The largest absolute Gasteiger partial charge is 0.303 e. The van der Waals surface area contributed by atoms with Crippen LogP contribution in [0.1, 0.15) is 55.9 Å². The number of fused-ring (bicyclic) bond motifs is 1. The second-order valence-corrected chi connectivity index (χ2v) is 8.30. The third-order valence-electron chi connectivity index (χ3n) is 7.60. The Labute approximate surface area is 141 Å². The van der Waals surface area contributed by atoms with Gasteiger partial charge in [0.25, 0.3) is 0 Å². The average Bonchev–Trinajstić information content (AvgIpc) is 2.55. The van der Waals surface area contributed by atoms with Crippen LogP contribution in [0.15, 0.2) is 23.8 Å². The summed E-state index contributed by atoms with van der Waals surface area (Å²) in [4.78, 5) is 2.65. The second kappa shape index (κ2) is 5.21. The molecule has 4 rings (SSSR count). The fourth-order valence-corrected chi connectivity index (χ4v) is 6.22. The van der Waals surface area contributed by atoms with Gasteiger partial charge < -0.3 is 4.90 Å². The van der Waals surface area contributed by atoms with E-state index < -0.39 is 0 Å². The first-order chi connectivity index (χ1) is 11.0. The molecular formula is C22H31N. The highest BCUT2D eigenvalue weighted by molar-refractivity contribution is 5.51. The lowest BCUT2D eigenvalue weighted by Crippen LogP contribution is -2.62. The minimum absolute atomic E-state index is 0.390. The van der Waals surface area contributed by atoms with Gasteiger partial charge >= 0.3 is 0 Å². The molecule has 3 unspecified atom stereocenters. The summed E-state index contributed by atoms with van der Waals surface area (Å²) in [7, 11) is 2.35. The maximum absolute atomic E-state index is 2.65. The molecule has 0 N–H and O–H groups in total. The number of likely N-dealkylation sites (tertiary alicyclic amines) is 1. The van der Waals surface area contributed by atoms with E-state index in [0.29, 0.717) is 11.3 Å². The van der Waals surface area contributed by atoms with E-state index in [-0.39, 0.29) is 0 Å². The van der Waals surface area contributed by atoms with Crippen LogP contribution in [0.4, 0.5) is 0 Å². The van der Waals surface area contributed by atoms with Gasteiger partial charge in [-0.15, -0.1) is 0 Å². The van der Waals surface area contributed by atoms with E-state index in [2.05, 4.69) is 57.9 Å². The van der Waals surface area contributed by atoms with Gasteiger partial charge in [-0.1, -0.05) is 37.6 Å². The number of benzene rings is 1. The summed E-state index contributed by atoms with van der Waals surface area (Å²) in [6, 6.07) is 5.56. The van der Waals surface area contributed by atoms with Gasteiger partial charge in [-0.3, -0.25) is 0 Å². The van der Waals surface area contributed by atoms with Crippen molar-refractivity contribution in [3.63, 3.8) is 0 Å². The summed E-state index contributed by atoms with van der Waals surface area (Å²) >= 11 is 0. The molecule has 23 heavy (non-hydrogen) atoms. The molecule has 0 radical (unpaired) electrons. The number of aryl methyl sites for hydroxylation is 1. The Kier molecular flexibility index (Phi) is 3.50. The lowest BCUT2D eigenvalue weighted by atomic mass is 9.48. The topological polar surface area (TPSA) is 3.24 Å². The van der Waals surface area contributed by atoms with Crippen molar-refractivity contribution in [3.05, 3.63) is 46.0 Å². The molecule has 2 bridgehead atoms. The van der Waals surface area contributed by atoms with Gasteiger partial charge in [0.05, 0.1) is 0 Å². The molecule has 124 valence electrons. The number of piperidine rings is 1. The van der Waals surface area contributed by atoms with Crippen molar-refractivity contribution >= 4 is 0 Å². The molecule has 1 heterocycles. The number of likely N-dealkylation sites (N-methyl/N-ethyl adjacent to an activating group) is 1. The van der Waals surface area contributed by atoms with Crippen molar-refractivity contribution in [1.29, 1.82) is 0 Å². The summed E-state index contributed by atoms with van der Waals surface area (Å²) in [5.41, 5.74) is 8.62. The van der Waals surface area contributed by atoms with Crippen molar-refractivity contribution < 1.29 is 0 Å². The summed E-state index contributed by atoms with van der Waals surface area (Å²) in [6.45, 7) is 10.8. The predicted octanol–water partition coefficient (Wildman–Crippen LogP) is 4.66. The smallest absolute Gasteiger partial charge is 0.0173 e. The fraction of sp³-hybridized carbons (Fsp3) is 0.636. The standard InChI is InChI=1S/C22H31N/c1-6-18-15(3)7-9-17-13-20-19-10-8-14(2)16(4)22(19,21(17)18)11-12-23(20)5/h7-9,16,19-20H,6,10-13H2,1-5H3/t16?,19?,20?,22-/m1/s1. The molecule has 1 nitrogen and oxygen atoms in total. The normalized spacial score (nSPS) is 36.2. The van der Waals surface area contributed by atoms with Crippen LogP contribution in [0, 0.1) is 18.8 Å². The summed E-state index contributed by atoms with van der Waals surface area (Å²) in [5.74, 6) is 1.49. The summed E-state index contributed by atoms with van der Waals surface area (Å²) < 4.78 is 0. The quantitative estimate of drug-likeness (QED) is 0.682. The van der Waals surface area contributed by atoms with Crippen molar-refractivity contribution in [2.24, 2.45) is 11.8 Å². The van der Waals surface area contributed by atoms with Crippen LogP contribution in [0.25, 0.3) is 0 Å². The van der Waals surface area contributed by atoms with Gasteiger partial charge in [-0.05, 0) is 87.2 Å². The monoisotopic (exact) mass is 309 g/mol. The number of nitrogens with zero attached hydrogens (tertiary/aromatic N) is 1. The Morgan fingerprint density at radius 1 is 1.26 bits per heavy atom. The fourth-order valence-electron chi connectivity index (χ4n) is 6.22. The molecule has 4 atom stereocenters. The summed E-state index contributed by atoms with van der Waals surface area (Å²) in [5, 5.41) is 0. The lowest BCUT2D eigenvalue weighted by Gasteiger charge is -2.61. The van der Waals surface area contributed by atoms with Crippen molar-refractivity contribution in [1.82, 2.24) is 4.90 Å². The number of rotatable bonds is 1. The van der Waals surface area contributed by atoms with Gasteiger partial charge in [-0.25, -0.2) is 0 Å². The molecule has 1 saturated heterocycles. The van der Waals surface area contributed by atoms with Crippen LogP contribution in [-0.4, -0.2) is 24.5 Å². The molecule has 0 aromatic heterocycles. The van der Waals surface area contributed by atoms with E-state index in [0.717, 1.165) is 12.0 Å². The zero-order valence-electron chi connectivity index (χ0n) is 15.4. The first kappa shape index (κ1) is 15.4. The lowest BCUT2D eigenvalue weighted by molar-refractivity contribution is 0.00346. The van der Waals surface area contributed by atoms with Gasteiger partial charge in [0.15, 0.2) is 0 Å². The van der Waals surface area contributed by atoms with E-state index >= 15 is 0 Å². The SMILES string of the molecule is CCc1c(C)ccc2c1[C@@]13CCN(C)C(C2)C1CC=C(C)C3C. The van der Waals surface area contributed by atoms with Crippen molar-refractivity contribution in [2.45, 2.75) is 64.8 Å². The molecule has 1 aromatic carbocycles. The van der Waals surface area contributed by atoms with E-state index in [1.165, 1.54) is 37.8 Å². The van der Waals surface area contributed by atoms with E-state index in [4.69, 9.17) is 0 Å². The number of hydrogen-bond acceptors (Lipinski definition) is 1.